The van der Waals surface area contributed by atoms with Crippen molar-refractivity contribution in [2.75, 3.05) is 5.73 Å². The number of imidazole rings is 1. The average Bonchev–Trinajstić information content (AvgIpc) is 2.69. The molecule has 0 aromatic carbocycles. The van der Waals surface area contributed by atoms with Crippen LogP contribution >= 0.6 is 0 Å². The van der Waals surface area contributed by atoms with Crippen LogP contribution in [0, 0.1) is 0 Å². The number of aromatic amines is 1. The van der Waals surface area contributed by atoms with Crippen molar-refractivity contribution in [3.63, 3.8) is 0 Å². The lowest BCUT2D eigenvalue weighted by atomic mass is 10.2. The smallest absolute Gasteiger partial charge is 0.320 e. The molecule has 0 saturated heterocycles. The largest absolute Gasteiger partial charge is 0.480 e. The standard InChI is InChI=1S/C9H12N6O3/c10-4(8(17)18)1-2-15-3-12-5-6(15)13-9(11)14-7(5)16/h3-4H,1-2,10H2,(H,17,18)(H3,11,13,14,16). The van der Waals surface area contributed by atoms with Gasteiger partial charge in [0.2, 0.25) is 5.95 Å². The first kappa shape index (κ1) is 12.0. The van der Waals surface area contributed by atoms with Crippen LogP contribution in [0.3, 0.4) is 0 Å². The van der Waals surface area contributed by atoms with Gasteiger partial charge in [-0.25, -0.2) is 4.98 Å². The Morgan fingerprint density at radius 2 is 2.33 bits per heavy atom. The van der Waals surface area contributed by atoms with Crippen LogP contribution in [-0.2, 0) is 11.3 Å². The molecule has 2 aromatic rings. The van der Waals surface area contributed by atoms with E-state index in [0.717, 1.165) is 0 Å². The maximum absolute atomic E-state index is 11.5. The minimum atomic E-state index is -1.08. The zero-order chi connectivity index (χ0) is 13.3. The SMILES string of the molecule is Nc1nc2c(ncn2CCC(N)C(=O)O)c(=O)[nH]1. The van der Waals surface area contributed by atoms with Crippen LogP contribution in [0.25, 0.3) is 11.2 Å². The van der Waals surface area contributed by atoms with Crippen molar-refractivity contribution in [1.82, 2.24) is 19.5 Å². The van der Waals surface area contributed by atoms with Gasteiger partial charge < -0.3 is 21.1 Å². The van der Waals surface area contributed by atoms with Crippen LogP contribution in [-0.4, -0.2) is 36.6 Å². The highest BCUT2D eigenvalue weighted by Crippen LogP contribution is 2.07. The van der Waals surface area contributed by atoms with Crippen molar-refractivity contribution >= 4 is 23.1 Å². The van der Waals surface area contributed by atoms with Crippen LogP contribution in [0.5, 0.6) is 0 Å². The molecule has 0 saturated carbocycles. The average molecular weight is 252 g/mol. The molecule has 0 aliphatic rings. The summed E-state index contributed by atoms with van der Waals surface area (Å²) in [4.78, 5) is 32.3. The fraction of sp³-hybridized carbons (Fsp3) is 0.333. The molecule has 1 atom stereocenters. The van der Waals surface area contributed by atoms with Gasteiger partial charge in [0, 0.05) is 6.54 Å². The van der Waals surface area contributed by atoms with Gasteiger partial charge in [-0.3, -0.25) is 14.6 Å². The predicted molar refractivity (Wildman–Crippen MR) is 62.8 cm³/mol. The summed E-state index contributed by atoms with van der Waals surface area (Å²) in [6.07, 6.45) is 1.61. The molecule has 2 rings (SSSR count). The number of nitrogens with two attached hydrogens (primary N) is 2. The summed E-state index contributed by atoms with van der Waals surface area (Å²) in [7, 11) is 0. The zero-order valence-corrected chi connectivity index (χ0v) is 9.33. The number of carbonyl (C=O) groups is 1. The van der Waals surface area contributed by atoms with Crippen LogP contribution in [0.2, 0.25) is 0 Å². The Morgan fingerprint density at radius 3 is 3.00 bits per heavy atom. The summed E-state index contributed by atoms with van der Waals surface area (Å²) in [5.74, 6) is -1.10. The number of hydrogen-bond acceptors (Lipinski definition) is 6. The first-order chi connectivity index (χ1) is 8.49. The van der Waals surface area contributed by atoms with Gasteiger partial charge >= 0.3 is 5.97 Å². The van der Waals surface area contributed by atoms with Gasteiger partial charge in [-0.1, -0.05) is 0 Å². The van der Waals surface area contributed by atoms with Crippen molar-refractivity contribution in [3.8, 4) is 0 Å². The monoisotopic (exact) mass is 252 g/mol. The summed E-state index contributed by atoms with van der Waals surface area (Å²) in [6.45, 7) is 0.292. The predicted octanol–water partition coefficient (Wildman–Crippen LogP) is -1.50. The number of aliphatic carboxylic acids is 1. The lowest BCUT2D eigenvalue weighted by molar-refractivity contribution is -0.138. The van der Waals surface area contributed by atoms with Gasteiger partial charge in [0.25, 0.3) is 5.56 Å². The van der Waals surface area contributed by atoms with E-state index in [1.807, 2.05) is 0 Å². The molecular formula is C9H12N6O3. The number of nitrogens with zero attached hydrogens (tertiary/aromatic N) is 3. The molecule has 1 unspecified atom stereocenters. The minimum absolute atomic E-state index is 0.0169. The first-order valence-electron chi connectivity index (χ1n) is 5.18. The van der Waals surface area contributed by atoms with E-state index in [9.17, 15) is 9.59 Å². The molecule has 2 aromatic heterocycles. The highest BCUT2D eigenvalue weighted by Gasteiger charge is 2.13. The number of anilines is 1. The number of rotatable bonds is 4. The van der Waals surface area contributed by atoms with E-state index < -0.39 is 17.6 Å². The van der Waals surface area contributed by atoms with E-state index >= 15 is 0 Å². The topological polar surface area (TPSA) is 153 Å². The summed E-state index contributed by atoms with van der Waals surface area (Å²) in [5.41, 5.74) is 10.9. The van der Waals surface area contributed by atoms with Crippen molar-refractivity contribution in [2.24, 2.45) is 5.73 Å². The molecule has 9 heteroatoms. The molecule has 2 heterocycles. The Hall–Kier alpha value is -2.42. The third-order valence-electron chi connectivity index (χ3n) is 2.49. The van der Waals surface area contributed by atoms with Gasteiger partial charge in [-0.2, -0.15) is 4.98 Å². The molecule has 96 valence electrons. The zero-order valence-electron chi connectivity index (χ0n) is 9.33. The molecule has 0 fully saturated rings. The summed E-state index contributed by atoms with van der Waals surface area (Å²) >= 11 is 0. The fourth-order valence-corrected chi connectivity index (χ4v) is 1.54. The summed E-state index contributed by atoms with van der Waals surface area (Å²) in [5, 5.41) is 8.67. The molecule has 0 radical (unpaired) electrons. The fourth-order valence-electron chi connectivity index (χ4n) is 1.54. The second-order valence-corrected chi connectivity index (χ2v) is 3.79. The number of nitrogen functional groups attached to an aromatic ring is 1. The molecule has 0 aliphatic carbocycles. The minimum Gasteiger partial charge on any atom is -0.480 e. The molecule has 9 nitrogen and oxygen atoms in total. The van der Waals surface area contributed by atoms with Crippen LogP contribution in [0.15, 0.2) is 11.1 Å². The maximum Gasteiger partial charge on any atom is 0.320 e. The molecule has 0 bridgehead atoms. The molecule has 0 aliphatic heterocycles. The van der Waals surface area contributed by atoms with Gasteiger partial charge in [-0.05, 0) is 6.42 Å². The quantitative estimate of drug-likeness (QED) is 0.516. The summed E-state index contributed by atoms with van der Waals surface area (Å²) < 4.78 is 1.55. The summed E-state index contributed by atoms with van der Waals surface area (Å²) in [6, 6.07) is -0.971. The van der Waals surface area contributed by atoms with Crippen LogP contribution in [0.4, 0.5) is 5.95 Å². The Labute approximate surface area is 100 Å². The normalized spacial score (nSPS) is 12.7. The molecule has 0 amide bonds. The highest BCUT2D eigenvalue weighted by atomic mass is 16.4. The number of fused-ring (bicyclic) bond motifs is 1. The van der Waals surface area contributed by atoms with E-state index in [1.165, 1.54) is 6.33 Å². The number of carboxylic acids is 1. The number of aromatic nitrogens is 4. The van der Waals surface area contributed by atoms with Crippen molar-refractivity contribution < 1.29 is 9.90 Å². The molecule has 6 N–H and O–H groups in total. The van der Waals surface area contributed by atoms with Gasteiger partial charge in [0.05, 0.1) is 6.33 Å². The number of H-pyrrole nitrogens is 1. The van der Waals surface area contributed by atoms with Gasteiger partial charge in [0.1, 0.15) is 6.04 Å². The van der Waals surface area contributed by atoms with Crippen LogP contribution < -0.4 is 17.0 Å². The van der Waals surface area contributed by atoms with E-state index in [2.05, 4.69) is 15.0 Å². The Morgan fingerprint density at radius 1 is 1.61 bits per heavy atom. The Balaban J connectivity index is 2.30. The van der Waals surface area contributed by atoms with E-state index in [0.29, 0.717) is 12.2 Å². The highest BCUT2D eigenvalue weighted by molar-refractivity contribution is 5.73. The van der Waals surface area contributed by atoms with Crippen molar-refractivity contribution in [3.05, 3.63) is 16.7 Å². The third kappa shape index (κ3) is 2.15. The van der Waals surface area contributed by atoms with E-state index in [4.69, 9.17) is 16.6 Å². The van der Waals surface area contributed by atoms with Crippen molar-refractivity contribution in [2.45, 2.75) is 19.0 Å². The Kier molecular flexibility index (Phi) is 2.98. The number of hydrogen-bond donors (Lipinski definition) is 4. The first-order valence-corrected chi connectivity index (χ1v) is 5.18. The third-order valence-corrected chi connectivity index (χ3v) is 2.49. The lowest BCUT2D eigenvalue weighted by Crippen LogP contribution is -2.31. The number of carboxylic acid groups (broad SMARTS) is 1. The van der Waals surface area contributed by atoms with Gasteiger partial charge in [0.15, 0.2) is 11.2 Å². The number of aryl methyl sites for hydroxylation is 1. The van der Waals surface area contributed by atoms with Crippen molar-refractivity contribution in [1.29, 1.82) is 0 Å². The van der Waals surface area contributed by atoms with E-state index in [1.54, 1.807) is 4.57 Å². The van der Waals surface area contributed by atoms with E-state index in [-0.39, 0.29) is 17.9 Å². The van der Waals surface area contributed by atoms with Crippen LogP contribution in [0.1, 0.15) is 6.42 Å². The molecular weight excluding hydrogens is 240 g/mol. The van der Waals surface area contributed by atoms with Gasteiger partial charge in [-0.15, -0.1) is 0 Å². The maximum atomic E-state index is 11.5. The lowest BCUT2D eigenvalue weighted by Gasteiger charge is -2.07. The molecule has 0 spiro atoms. The second-order valence-electron chi connectivity index (χ2n) is 3.79. The second kappa shape index (κ2) is 4.45. The number of nitrogens with one attached hydrogen (secondary N) is 1. The molecule has 18 heavy (non-hydrogen) atoms. The Bertz CT molecular complexity index is 645.